The number of hydrogen-bond donors (Lipinski definition) is 1. The molecule has 0 aliphatic heterocycles. The minimum Gasteiger partial charge on any atom is -0.306 e. The van der Waals surface area contributed by atoms with Crippen molar-refractivity contribution in [2.75, 3.05) is 6.54 Å². The third kappa shape index (κ3) is 4.11. The van der Waals surface area contributed by atoms with Gasteiger partial charge in [0.05, 0.1) is 10.5 Å². The molecule has 2 rings (SSSR count). The summed E-state index contributed by atoms with van der Waals surface area (Å²) in [6.07, 6.45) is 0.948. The second-order valence-corrected chi connectivity index (χ2v) is 5.98. The van der Waals surface area contributed by atoms with E-state index in [1.807, 2.05) is 19.1 Å². The fourth-order valence-electron chi connectivity index (χ4n) is 2.34. The van der Waals surface area contributed by atoms with Crippen LogP contribution in [0.3, 0.4) is 0 Å². The second kappa shape index (κ2) is 7.14. The molecule has 0 heterocycles. The minimum atomic E-state index is -0.316. The van der Waals surface area contributed by atoms with E-state index in [1.54, 1.807) is 6.07 Å². The van der Waals surface area contributed by atoms with Gasteiger partial charge in [0, 0.05) is 0 Å². The highest BCUT2D eigenvalue weighted by atomic mass is 79.9. The Morgan fingerprint density at radius 2 is 1.86 bits per heavy atom. The van der Waals surface area contributed by atoms with Gasteiger partial charge < -0.3 is 5.32 Å². The molecule has 0 fully saturated rings. The third-order valence-corrected chi connectivity index (χ3v) is 3.92. The van der Waals surface area contributed by atoms with Crippen LogP contribution in [0.1, 0.15) is 36.1 Å². The molecule has 1 unspecified atom stereocenters. The number of rotatable bonds is 5. The molecular formula is C17H18BrF2N. The molecule has 0 saturated carbocycles. The number of benzene rings is 2. The summed E-state index contributed by atoms with van der Waals surface area (Å²) in [7, 11) is 0. The smallest absolute Gasteiger partial charge is 0.137 e. The molecule has 0 saturated heterocycles. The second-order valence-electron chi connectivity index (χ2n) is 5.12. The van der Waals surface area contributed by atoms with Crippen molar-refractivity contribution in [2.24, 2.45) is 0 Å². The maximum Gasteiger partial charge on any atom is 0.137 e. The van der Waals surface area contributed by atoms with Gasteiger partial charge in [-0.05, 0) is 76.8 Å². The average Bonchev–Trinajstić information content (AvgIpc) is 2.42. The van der Waals surface area contributed by atoms with Crippen LogP contribution >= 0.6 is 15.9 Å². The molecular weight excluding hydrogens is 336 g/mol. The highest BCUT2D eigenvalue weighted by Crippen LogP contribution is 2.27. The van der Waals surface area contributed by atoms with Gasteiger partial charge in [0.15, 0.2) is 0 Å². The monoisotopic (exact) mass is 353 g/mol. The Morgan fingerprint density at radius 3 is 2.48 bits per heavy atom. The fourth-order valence-corrected chi connectivity index (χ4v) is 2.59. The molecule has 0 aromatic heterocycles. The van der Waals surface area contributed by atoms with E-state index in [0.29, 0.717) is 4.47 Å². The van der Waals surface area contributed by atoms with Gasteiger partial charge in [-0.1, -0.05) is 19.1 Å². The Labute approximate surface area is 132 Å². The van der Waals surface area contributed by atoms with E-state index in [-0.39, 0.29) is 17.7 Å². The van der Waals surface area contributed by atoms with E-state index in [4.69, 9.17) is 0 Å². The number of aryl methyl sites for hydroxylation is 1. The standard InChI is InChI=1S/C17H18BrF2N/c1-3-6-21-17(12-4-5-15(18)16(20)10-12)13-7-11(2)8-14(19)9-13/h4-5,7-10,17,21H,3,6H2,1-2H3. The normalized spacial score (nSPS) is 12.4. The van der Waals surface area contributed by atoms with Gasteiger partial charge in [-0.3, -0.25) is 0 Å². The lowest BCUT2D eigenvalue weighted by Gasteiger charge is -2.20. The summed E-state index contributed by atoms with van der Waals surface area (Å²) in [6.45, 7) is 4.69. The number of halogens is 3. The van der Waals surface area contributed by atoms with Gasteiger partial charge in [-0.2, -0.15) is 0 Å². The zero-order valence-corrected chi connectivity index (χ0v) is 13.7. The van der Waals surface area contributed by atoms with Crippen LogP contribution in [-0.2, 0) is 0 Å². The molecule has 0 spiro atoms. The van der Waals surface area contributed by atoms with Gasteiger partial charge >= 0.3 is 0 Å². The average molecular weight is 354 g/mol. The summed E-state index contributed by atoms with van der Waals surface area (Å²) < 4.78 is 27.9. The van der Waals surface area contributed by atoms with E-state index in [0.717, 1.165) is 29.7 Å². The molecule has 112 valence electrons. The quantitative estimate of drug-likeness (QED) is 0.785. The lowest BCUT2D eigenvalue weighted by molar-refractivity contribution is 0.575. The van der Waals surface area contributed by atoms with Crippen molar-refractivity contribution in [1.82, 2.24) is 5.32 Å². The lowest BCUT2D eigenvalue weighted by Crippen LogP contribution is -2.23. The molecule has 2 aromatic rings. The molecule has 4 heteroatoms. The Balaban J connectivity index is 2.43. The van der Waals surface area contributed by atoms with Crippen LogP contribution in [-0.4, -0.2) is 6.54 Å². The SMILES string of the molecule is CCCNC(c1cc(C)cc(F)c1)c1ccc(Br)c(F)c1. The molecule has 21 heavy (non-hydrogen) atoms. The Bertz CT molecular complexity index is 608. The van der Waals surface area contributed by atoms with Crippen LogP contribution in [0.2, 0.25) is 0 Å². The zero-order valence-electron chi connectivity index (χ0n) is 12.1. The molecule has 1 N–H and O–H groups in total. The maximum absolute atomic E-state index is 13.8. The van der Waals surface area contributed by atoms with Crippen molar-refractivity contribution in [1.29, 1.82) is 0 Å². The van der Waals surface area contributed by atoms with Crippen LogP contribution in [0.4, 0.5) is 8.78 Å². The highest BCUT2D eigenvalue weighted by molar-refractivity contribution is 9.10. The number of nitrogens with one attached hydrogen (secondary N) is 1. The van der Waals surface area contributed by atoms with Crippen molar-refractivity contribution in [2.45, 2.75) is 26.3 Å². The minimum absolute atomic E-state index is 0.220. The first kappa shape index (κ1) is 16.1. The summed E-state index contributed by atoms with van der Waals surface area (Å²) in [5.41, 5.74) is 2.45. The summed E-state index contributed by atoms with van der Waals surface area (Å²) in [6, 6.07) is 9.71. The molecule has 1 atom stereocenters. The molecule has 0 aliphatic carbocycles. The molecule has 1 nitrogen and oxygen atoms in total. The molecule has 0 amide bonds. The summed E-state index contributed by atoms with van der Waals surface area (Å²) in [5, 5.41) is 3.35. The first-order valence-corrected chi connectivity index (χ1v) is 7.76. The Kier molecular flexibility index (Phi) is 5.48. The van der Waals surface area contributed by atoms with Gasteiger partial charge in [-0.25, -0.2) is 8.78 Å². The first-order chi connectivity index (χ1) is 10.0. The van der Waals surface area contributed by atoms with Crippen molar-refractivity contribution in [3.63, 3.8) is 0 Å². The van der Waals surface area contributed by atoms with Crippen molar-refractivity contribution in [3.8, 4) is 0 Å². The van der Waals surface area contributed by atoms with Gasteiger partial charge in [0.1, 0.15) is 11.6 Å². The third-order valence-electron chi connectivity index (χ3n) is 3.27. The maximum atomic E-state index is 13.8. The molecule has 0 radical (unpaired) electrons. The Morgan fingerprint density at radius 1 is 1.10 bits per heavy atom. The van der Waals surface area contributed by atoms with Gasteiger partial charge in [-0.15, -0.1) is 0 Å². The fraction of sp³-hybridized carbons (Fsp3) is 0.294. The summed E-state index contributed by atoms with van der Waals surface area (Å²) in [5.74, 6) is -0.588. The molecule has 0 aliphatic rings. The van der Waals surface area contributed by atoms with Crippen molar-refractivity contribution in [3.05, 3.63) is 69.2 Å². The topological polar surface area (TPSA) is 12.0 Å². The zero-order chi connectivity index (χ0) is 15.4. The predicted molar refractivity (Wildman–Crippen MR) is 85.4 cm³/mol. The molecule has 0 bridgehead atoms. The molecule has 2 aromatic carbocycles. The van der Waals surface area contributed by atoms with Crippen molar-refractivity contribution < 1.29 is 8.78 Å². The van der Waals surface area contributed by atoms with Gasteiger partial charge in [0.25, 0.3) is 0 Å². The van der Waals surface area contributed by atoms with Crippen LogP contribution in [0.15, 0.2) is 40.9 Å². The number of hydrogen-bond acceptors (Lipinski definition) is 1. The van der Waals surface area contributed by atoms with E-state index in [9.17, 15) is 8.78 Å². The van der Waals surface area contributed by atoms with Crippen LogP contribution in [0.25, 0.3) is 0 Å². The first-order valence-electron chi connectivity index (χ1n) is 6.96. The largest absolute Gasteiger partial charge is 0.306 e. The van der Waals surface area contributed by atoms with E-state index >= 15 is 0 Å². The lowest BCUT2D eigenvalue weighted by atomic mass is 9.97. The van der Waals surface area contributed by atoms with Crippen molar-refractivity contribution >= 4 is 15.9 Å². The predicted octanol–water partition coefficient (Wildman–Crippen LogP) is 5.12. The van der Waals surface area contributed by atoms with E-state index < -0.39 is 0 Å². The highest BCUT2D eigenvalue weighted by Gasteiger charge is 2.16. The van der Waals surface area contributed by atoms with Gasteiger partial charge in [0.2, 0.25) is 0 Å². The summed E-state index contributed by atoms with van der Waals surface area (Å²) >= 11 is 3.16. The van der Waals surface area contributed by atoms with E-state index in [2.05, 4.69) is 28.2 Å². The Hall–Kier alpha value is -1.26. The van der Waals surface area contributed by atoms with Crippen LogP contribution in [0, 0.1) is 18.6 Å². The van der Waals surface area contributed by atoms with Crippen LogP contribution < -0.4 is 5.32 Å². The van der Waals surface area contributed by atoms with E-state index in [1.165, 1.54) is 18.2 Å². The van der Waals surface area contributed by atoms with Crippen LogP contribution in [0.5, 0.6) is 0 Å². The summed E-state index contributed by atoms with van der Waals surface area (Å²) in [4.78, 5) is 0.